The first-order valence-corrected chi connectivity index (χ1v) is 24.4. The third-order valence-corrected chi connectivity index (χ3v) is 12.5. The molecule has 2 heterocycles. The Morgan fingerprint density at radius 2 is 0.672 bits per heavy atom. The summed E-state index contributed by atoms with van der Waals surface area (Å²) in [6, 6.07) is 43.6. The van der Waals surface area contributed by atoms with E-state index in [9.17, 15) is 0 Å². The number of aromatic nitrogens is 4. The number of unbranched alkanes of at least 4 members (excludes halogenated alkanes) is 14. The van der Waals surface area contributed by atoms with Gasteiger partial charge in [-0.25, -0.2) is 18.3 Å². The second kappa shape index (κ2) is 25.4. The summed E-state index contributed by atoms with van der Waals surface area (Å²) >= 11 is 0. The highest BCUT2D eigenvalue weighted by molar-refractivity contribution is 5.83. The quantitative estimate of drug-likeness (QED) is 0.0363. The van der Waals surface area contributed by atoms with Crippen LogP contribution in [0.3, 0.4) is 0 Å². The van der Waals surface area contributed by atoms with E-state index in [1.54, 1.807) is 0 Å². The van der Waals surface area contributed by atoms with E-state index in [0.29, 0.717) is 13.2 Å². The van der Waals surface area contributed by atoms with Crippen molar-refractivity contribution in [3.8, 4) is 56.0 Å². The van der Waals surface area contributed by atoms with Crippen molar-refractivity contribution in [3.05, 3.63) is 159 Å². The van der Waals surface area contributed by atoms with E-state index < -0.39 is 0 Å². The van der Waals surface area contributed by atoms with Gasteiger partial charge in [-0.15, -0.1) is 0 Å². The van der Waals surface area contributed by atoms with Crippen molar-refractivity contribution in [2.75, 3.05) is 13.2 Å². The fraction of sp³-hybridized carbons (Fsp3) is 0.379. The molecular formula is C58H72N4O2+2. The monoisotopic (exact) mass is 857 g/mol. The van der Waals surface area contributed by atoms with Gasteiger partial charge in [-0.3, -0.25) is 0 Å². The maximum absolute atomic E-state index is 6.79. The predicted molar refractivity (Wildman–Crippen MR) is 264 cm³/mol. The van der Waals surface area contributed by atoms with Gasteiger partial charge in [-0.2, -0.15) is 0 Å². The molecule has 0 atom stereocenters. The van der Waals surface area contributed by atoms with Crippen LogP contribution in [0.15, 0.2) is 159 Å². The summed E-state index contributed by atoms with van der Waals surface area (Å²) < 4.78 is 22.4. The lowest BCUT2D eigenvalue weighted by Gasteiger charge is -2.19. The Morgan fingerprint density at radius 1 is 0.359 bits per heavy atom. The lowest BCUT2D eigenvalue weighted by atomic mass is 9.95. The van der Waals surface area contributed by atoms with E-state index in [0.717, 1.165) is 59.7 Å². The average molecular weight is 857 g/mol. The molecule has 0 aliphatic heterocycles. The maximum Gasteiger partial charge on any atom is 0.243 e. The molecule has 0 amide bonds. The normalized spacial score (nSPS) is 11.3. The Morgan fingerprint density at radius 3 is 1.02 bits per heavy atom. The molecule has 5 aromatic carbocycles. The molecule has 6 heteroatoms. The third-order valence-electron chi connectivity index (χ3n) is 12.5. The molecule has 0 saturated heterocycles. The van der Waals surface area contributed by atoms with Gasteiger partial charge < -0.3 is 9.47 Å². The Bertz CT molecular complexity index is 2200. The molecular weight excluding hydrogens is 785 g/mol. The van der Waals surface area contributed by atoms with Gasteiger partial charge >= 0.3 is 0 Å². The van der Waals surface area contributed by atoms with Gasteiger partial charge in [0.2, 0.25) is 12.7 Å². The Kier molecular flexibility index (Phi) is 18.3. The van der Waals surface area contributed by atoms with Gasteiger partial charge in [0, 0.05) is 11.1 Å². The summed E-state index contributed by atoms with van der Waals surface area (Å²) in [6.45, 7) is 3.62. The maximum atomic E-state index is 6.79. The van der Waals surface area contributed by atoms with Gasteiger partial charge in [0.05, 0.1) is 40.4 Å². The second-order valence-electron chi connectivity index (χ2n) is 17.7. The van der Waals surface area contributed by atoms with Crippen LogP contribution in [-0.2, 0) is 27.2 Å². The first-order valence-electron chi connectivity index (χ1n) is 24.4. The smallest absolute Gasteiger partial charge is 0.243 e. The van der Waals surface area contributed by atoms with Crippen LogP contribution in [-0.4, -0.2) is 22.3 Å². The number of hydrogen-bond donors (Lipinski definition) is 0. The van der Waals surface area contributed by atoms with Gasteiger partial charge in [-0.05, 0) is 84.0 Å². The third kappa shape index (κ3) is 14.6. The minimum atomic E-state index is 0.696. The van der Waals surface area contributed by atoms with E-state index in [1.165, 1.54) is 112 Å². The van der Waals surface area contributed by atoms with Crippen LogP contribution in [0.4, 0.5) is 0 Å². The highest BCUT2D eigenvalue weighted by atomic mass is 16.5. The first-order chi connectivity index (χ1) is 31.6. The first kappa shape index (κ1) is 46.1. The van der Waals surface area contributed by atoms with Crippen molar-refractivity contribution >= 4 is 0 Å². The molecule has 2 aromatic heterocycles. The van der Waals surface area contributed by atoms with Crippen LogP contribution in [0.2, 0.25) is 0 Å². The summed E-state index contributed by atoms with van der Waals surface area (Å²) in [4.78, 5) is 0. The largest absolute Gasteiger partial charge is 0.493 e. The Balaban J connectivity index is 0.986. The number of hydrogen-bond acceptors (Lipinski definition) is 2. The standard InChI is InChI=1S/C58H72N4O2/c1-59-39-41-61(47-59)37-21-11-7-3-5-9-13-23-43-63-57-45-56(54-35-31-52(32-36-54)50-27-19-16-20-28-50)58(46-55(57)53-33-29-51(30-34-53)49-25-17-15-18-26-49)64-44-24-14-10-6-4-8-12-22-38-62-42-40-60(2)48-62/h15-20,25-36,39-42,45-48H,3-14,21-24,37-38,43-44H2,1-2H3/q+2. The second-order valence-corrected chi connectivity index (χ2v) is 17.7. The summed E-state index contributed by atoms with van der Waals surface area (Å²) in [5.41, 5.74) is 9.29. The highest BCUT2D eigenvalue weighted by Crippen LogP contribution is 2.42. The van der Waals surface area contributed by atoms with E-state index in [4.69, 9.17) is 9.47 Å². The predicted octanol–water partition coefficient (Wildman–Crippen LogP) is 14.0. The topological polar surface area (TPSA) is 36.1 Å². The molecule has 0 N–H and O–H groups in total. The van der Waals surface area contributed by atoms with Gasteiger partial charge in [-0.1, -0.05) is 173 Å². The van der Waals surface area contributed by atoms with Crippen LogP contribution < -0.4 is 18.6 Å². The molecule has 0 spiro atoms. The molecule has 6 nitrogen and oxygen atoms in total. The summed E-state index contributed by atoms with van der Waals surface area (Å²) in [7, 11) is 4.17. The van der Waals surface area contributed by atoms with Crippen molar-refractivity contribution in [3.63, 3.8) is 0 Å². The molecule has 0 bridgehead atoms. The fourth-order valence-electron chi connectivity index (χ4n) is 8.74. The zero-order chi connectivity index (χ0) is 44.0. The molecule has 0 saturated carbocycles. The van der Waals surface area contributed by atoms with Gasteiger partial charge in [0.1, 0.15) is 36.3 Å². The number of rotatable bonds is 28. The molecule has 0 radical (unpaired) electrons. The molecule has 7 rings (SSSR count). The van der Waals surface area contributed by atoms with Crippen molar-refractivity contribution < 1.29 is 18.6 Å². The van der Waals surface area contributed by atoms with Crippen molar-refractivity contribution in [1.82, 2.24) is 9.13 Å². The molecule has 0 aliphatic carbocycles. The molecule has 7 aromatic rings. The highest BCUT2D eigenvalue weighted by Gasteiger charge is 2.17. The van der Waals surface area contributed by atoms with Crippen LogP contribution >= 0.6 is 0 Å². The van der Waals surface area contributed by atoms with Gasteiger partial charge in [0.15, 0.2) is 0 Å². The fourth-order valence-corrected chi connectivity index (χ4v) is 8.74. The summed E-state index contributed by atoms with van der Waals surface area (Å²) in [5.74, 6) is 1.83. The van der Waals surface area contributed by atoms with Crippen LogP contribution in [0, 0.1) is 0 Å². The van der Waals surface area contributed by atoms with Crippen LogP contribution in [0.25, 0.3) is 44.5 Å². The molecule has 64 heavy (non-hydrogen) atoms. The zero-order valence-corrected chi connectivity index (χ0v) is 38.8. The van der Waals surface area contributed by atoms with Crippen molar-refractivity contribution in [1.29, 1.82) is 0 Å². The minimum Gasteiger partial charge on any atom is -0.493 e. The van der Waals surface area contributed by atoms with Crippen molar-refractivity contribution in [2.24, 2.45) is 14.1 Å². The number of aryl methyl sites for hydroxylation is 4. The number of imidazole rings is 2. The van der Waals surface area contributed by atoms with Crippen LogP contribution in [0.1, 0.15) is 103 Å². The van der Waals surface area contributed by atoms with E-state index >= 15 is 0 Å². The van der Waals surface area contributed by atoms with E-state index in [1.807, 2.05) is 0 Å². The number of nitrogens with zero attached hydrogens (tertiary/aromatic N) is 4. The molecule has 0 aliphatic rings. The number of ether oxygens (including phenoxy) is 2. The number of benzene rings is 5. The Labute approximate surface area is 384 Å². The van der Waals surface area contributed by atoms with Crippen molar-refractivity contribution in [2.45, 2.75) is 116 Å². The molecule has 0 unspecified atom stereocenters. The average Bonchev–Trinajstić information content (AvgIpc) is 3.96. The summed E-state index contributed by atoms with van der Waals surface area (Å²) in [6.07, 6.45) is 32.8. The van der Waals surface area contributed by atoms with Gasteiger partial charge in [0.25, 0.3) is 0 Å². The SMILES string of the molecule is C[n+]1ccn(CCCCCCCCCCOc2cc(-c3ccc(-c4ccccc4)cc3)c(OCCCCCCCCCCn3cc[n+](C)c3)cc2-c2ccc(-c3ccccc3)cc2)c1. The Hall–Kier alpha value is -5.88. The summed E-state index contributed by atoms with van der Waals surface area (Å²) in [5, 5.41) is 0. The lowest BCUT2D eigenvalue weighted by molar-refractivity contribution is -0.671. The molecule has 0 fully saturated rings. The zero-order valence-electron chi connectivity index (χ0n) is 38.8. The van der Waals surface area contributed by atoms with E-state index in [-0.39, 0.29) is 0 Å². The lowest BCUT2D eigenvalue weighted by Crippen LogP contribution is -2.23. The minimum absolute atomic E-state index is 0.696. The molecule has 334 valence electrons. The van der Waals surface area contributed by atoms with E-state index in [2.05, 4.69) is 191 Å². The van der Waals surface area contributed by atoms with Crippen LogP contribution in [0.5, 0.6) is 11.5 Å².